The number of hydrogen-bond acceptors (Lipinski definition) is 4. The van der Waals surface area contributed by atoms with Gasteiger partial charge in [-0.1, -0.05) is 17.7 Å². The zero-order valence-electron chi connectivity index (χ0n) is 11.7. The smallest absolute Gasteiger partial charge is 0.239 e. The quantitative estimate of drug-likeness (QED) is 0.834. The van der Waals surface area contributed by atoms with Crippen LogP contribution in [0.5, 0.6) is 0 Å². The zero-order chi connectivity index (χ0) is 16.2. The van der Waals surface area contributed by atoms with Gasteiger partial charge in [-0.25, -0.2) is 8.42 Å². The van der Waals surface area contributed by atoms with E-state index in [2.05, 4.69) is 5.32 Å². The van der Waals surface area contributed by atoms with E-state index in [4.69, 9.17) is 11.6 Å². The molecule has 4 nitrogen and oxygen atoms in total. The standard InChI is InChI=1S/C15H14ClNO3S2/c1-21-13-4-2-3-12(9-13)17-15(18)10-22(19,20)14-7-5-11(16)6-8-14/h2-9H,10H2,1H3,(H,17,18). The molecule has 0 bridgehead atoms. The summed E-state index contributed by atoms with van der Waals surface area (Å²) in [6.45, 7) is 0. The molecule has 2 aromatic carbocycles. The van der Waals surface area contributed by atoms with E-state index in [9.17, 15) is 13.2 Å². The van der Waals surface area contributed by atoms with E-state index in [1.54, 1.807) is 18.2 Å². The van der Waals surface area contributed by atoms with Gasteiger partial charge < -0.3 is 5.32 Å². The Morgan fingerprint density at radius 1 is 1.18 bits per heavy atom. The maximum absolute atomic E-state index is 12.2. The number of hydrogen-bond donors (Lipinski definition) is 1. The first-order chi connectivity index (χ1) is 10.4. The van der Waals surface area contributed by atoms with Crippen LogP contribution in [0.4, 0.5) is 5.69 Å². The predicted octanol–water partition coefficient (Wildman–Crippen LogP) is 3.47. The van der Waals surface area contributed by atoms with E-state index in [-0.39, 0.29) is 4.90 Å². The number of carbonyl (C=O) groups excluding carboxylic acids is 1. The van der Waals surface area contributed by atoms with Gasteiger partial charge in [-0.2, -0.15) is 0 Å². The molecule has 0 spiro atoms. The Morgan fingerprint density at radius 2 is 1.86 bits per heavy atom. The lowest BCUT2D eigenvalue weighted by Crippen LogP contribution is -2.23. The van der Waals surface area contributed by atoms with Gasteiger partial charge >= 0.3 is 0 Å². The van der Waals surface area contributed by atoms with Gasteiger partial charge in [-0.15, -0.1) is 11.8 Å². The molecule has 0 saturated carbocycles. The molecule has 2 aromatic rings. The molecule has 0 saturated heterocycles. The van der Waals surface area contributed by atoms with Crippen molar-refractivity contribution in [1.82, 2.24) is 0 Å². The number of benzene rings is 2. The van der Waals surface area contributed by atoms with E-state index in [0.29, 0.717) is 10.7 Å². The van der Waals surface area contributed by atoms with E-state index in [1.165, 1.54) is 36.0 Å². The van der Waals surface area contributed by atoms with Crippen LogP contribution in [0.2, 0.25) is 5.02 Å². The highest BCUT2D eigenvalue weighted by molar-refractivity contribution is 7.98. The predicted molar refractivity (Wildman–Crippen MR) is 90.4 cm³/mol. The summed E-state index contributed by atoms with van der Waals surface area (Å²) in [5.74, 6) is -1.19. The highest BCUT2D eigenvalue weighted by Crippen LogP contribution is 2.19. The molecule has 0 unspecified atom stereocenters. The molecule has 0 aromatic heterocycles. The summed E-state index contributed by atoms with van der Waals surface area (Å²) in [6.07, 6.45) is 1.92. The minimum absolute atomic E-state index is 0.0740. The van der Waals surface area contributed by atoms with Gasteiger partial charge in [-0.05, 0) is 48.7 Å². The number of anilines is 1. The van der Waals surface area contributed by atoms with Gasteiger partial charge in [0.2, 0.25) is 5.91 Å². The van der Waals surface area contributed by atoms with Crippen molar-refractivity contribution in [2.24, 2.45) is 0 Å². The molecule has 0 atom stereocenters. The van der Waals surface area contributed by atoms with Gasteiger partial charge in [0, 0.05) is 15.6 Å². The number of rotatable bonds is 5. The summed E-state index contributed by atoms with van der Waals surface area (Å²) >= 11 is 7.27. The number of carbonyl (C=O) groups is 1. The topological polar surface area (TPSA) is 63.2 Å². The Balaban J connectivity index is 2.09. The van der Waals surface area contributed by atoms with E-state index in [1.807, 2.05) is 12.3 Å². The molecule has 0 aliphatic heterocycles. The summed E-state index contributed by atoms with van der Waals surface area (Å²) < 4.78 is 24.3. The minimum atomic E-state index is -3.69. The molecule has 22 heavy (non-hydrogen) atoms. The Bertz CT molecular complexity index is 774. The molecule has 0 aliphatic carbocycles. The summed E-state index contributed by atoms with van der Waals surface area (Å²) in [4.78, 5) is 13.0. The summed E-state index contributed by atoms with van der Waals surface area (Å²) in [6, 6.07) is 12.9. The van der Waals surface area contributed by atoms with Crippen molar-refractivity contribution < 1.29 is 13.2 Å². The Labute approximate surface area is 138 Å². The second-order valence-electron chi connectivity index (χ2n) is 4.49. The van der Waals surface area contributed by atoms with Crippen molar-refractivity contribution in [2.75, 3.05) is 17.3 Å². The number of sulfone groups is 1. The number of thioether (sulfide) groups is 1. The number of halogens is 1. The monoisotopic (exact) mass is 355 g/mol. The van der Waals surface area contributed by atoms with Crippen LogP contribution in [0, 0.1) is 0 Å². The first-order valence-corrected chi connectivity index (χ1v) is 9.58. The maximum Gasteiger partial charge on any atom is 0.239 e. The van der Waals surface area contributed by atoms with Gasteiger partial charge in [0.05, 0.1) is 4.90 Å². The normalized spacial score (nSPS) is 11.2. The van der Waals surface area contributed by atoms with Crippen LogP contribution in [0.25, 0.3) is 0 Å². The van der Waals surface area contributed by atoms with E-state index in [0.717, 1.165) is 4.90 Å². The van der Waals surface area contributed by atoms with Crippen molar-refractivity contribution in [1.29, 1.82) is 0 Å². The van der Waals surface area contributed by atoms with Crippen LogP contribution in [0.3, 0.4) is 0 Å². The summed E-state index contributed by atoms with van der Waals surface area (Å²) in [5, 5.41) is 3.04. The minimum Gasteiger partial charge on any atom is -0.325 e. The second-order valence-corrected chi connectivity index (χ2v) is 7.80. The van der Waals surface area contributed by atoms with Crippen molar-refractivity contribution in [3.63, 3.8) is 0 Å². The van der Waals surface area contributed by atoms with Gasteiger partial charge in [-0.3, -0.25) is 4.79 Å². The fourth-order valence-corrected chi connectivity index (χ4v) is 3.52. The third kappa shape index (κ3) is 4.50. The second kappa shape index (κ2) is 7.17. The fraction of sp³-hybridized carbons (Fsp3) is 0.133. The van der Waals surface area contributed by atoms with Crippen molar-refractivity contribution >= 4 is 44.8 Å². The highest BCUT2D eigenvalue weighted by Gasteiger charge is 2.19. The van der Waals surface area contributed by atoms with E-state index < -0.39 is 21.5 Å². The Hall–Kier alpha value is -1.50. The average Bonchev–Trinajstić information content (AvgIpc) is 2.47. The fourth-order valence-electron chi connectivity index (χ4n) is 1.80. The largest absolute Gasteiger partial charge is 0.325 e. The van der Waals surface area contributed by atoms with Crippen molar-refractivity contribution in [3.05, 3.63) is 53.6 Å². The van der Waals surface area contributed by atoms with Crippen LogP contribution in [-0.2, 0) is 14.6 Å². The third-order valence-electron chi connectivity index (χ3n) is 2.85. The van der Waals surface area contributed by atoms with Crippen LogP contribution >= 0.6 is 23.4 Å². The molecular formula is C15H14ClNO3S2. The van der Waals surface area contributed by atoms with Crippen LogP contribution < -0.4 is 5.32 Å². The molecule has 0 heterocycles. The lowest BCUT2D eigenvalue weighted by Gasteiger charge is -2.07. The zero-order valence-corrected chi connectivity index (χ0v) is 14.1. The molecule has 2 rings (SSSR count). The molecule has 1 amide bonds. The SMILES string of the molecule is CSc1cccc(NC(=O)CS(=O)(=O)c2ccc(Cl)cc2)c1. The molecule has 116 valence electrons. The molecule has 0 radical (unpaired) electrons. The van der Waals surface area contributed by atoms with E-state index >= 15 is 0 Å². The molecule has 0 aliphatic rings. The highest BCUT2D eigenvalue weighted by atomic mass is 35.5. The lowest BCUT2D eigenvalue weighted by atomic mass is 10.3. The summed E-state index contributed by atoms with van der Waals surface area (Å²) in [5.41, 5.74) is 0.572. The van der Waals surface area contributed by atoms with Crippen molar-refractivity contribution in [3.8, 4) is 0 Å². The Morgan fingerprint density at radius 3 is 2.50 bits per heavy atom. The van der Waals surface area contributed by atoms with Gasteiger partial charge in [0.15, 0.2) is 9.84 Å². The van der Waals surface area contributed by atoms with Gasteiger partial charge in [0.25, 0.3) is 0 Å². The van der Waals surface area contributed by atoms with Crippen LogP contribution in [-0.4, -0.2) is 26.3 Å². The van der Waals surface area contributed by atoms with Crippen LogP contribution in [0.15, 0.2) is 58.3 Å². The maximum atomic E-state index is 12.2. The average molecular weight is 356 g/mol. The molecular weight excluding hydrogens is 342 g/mol. The number of amides is 1. The molecule has 1 N–H and O–H groups in total. The Kier molecular flexibility index (Phi) is 5.50. The third-order valence-corrected chi connectivity index (χ3v) is 5.46. The number of nitrogens with one attached hydrogen (secondary N) is 1. The van der Waals surface area contributed by atoms with Crippen molar-refractivity contribution in [2.45, 2.75) is 9.79 Å². The molecule has 0 fully saturated rings. The first-order valence-electron chi connectivity index (χ1n) is 6.33. The molecule has 7 heteroatoms. The van der Waals surface area contributed by atoms with Crippen LogP contribution in [0.1, 0.15) is 0 Å². The lowest BCUT2D eigenvalue weighted by molar-refractivity contribution is -0.113. The van der Waals surface area contributed by atoms with Gasteiger partial charge in [0.1, 0.15) is 5.75 Å². The summed E-state index contributed by atoms with van der Waals surface area (Å²) in [7, 11) is -3.69. The first kappa shape index (κ1) is 16.9.